The van der Waals surface area contributed by atoms with Crippen molar-refractivity contribution < 1.29 is 24.5 Å². The van der Waals surface area contributed by atoms with Crippen LogP contribution in [0.5, 0.6) is 0 Å². The number of nitrogens with zero attached hydrogens (tertiary/aromatic N) is 1. The van der Waals surface area contributed by atoms with Crippen LogP contribution in [-0.4, -0.2) is 29.1 Å². The highest BCUT2D eigenvalue weighted by Gasteiger charge is 2.40. The van der Waals surface area contributed by atoms with Crippen molar-refractivity contribution >= 4 is 47.0 Å². The molecule has 8 heteroatoms. The van der Waals surface area contributed by atoms with Gasteiger partial charge in [0.25, 0.3) is 5.91 Å². The van der Waals surface area contributed by atoms with Crippen molar-refractivity contribution in [2.45, 2.75) is 13.5 Å². The molecule has 1 atom stereocenters. The van der Waals surface area contributed by atoms with Crippen LogP contribution in [-0.2, 0) is 16.1 Å². The number of aryl methyl sites for hydroxylation is 1. The molecule has 142 valence electrons. The molecule has 1 saturated heterocycles. The third-order valence-corrected chi connectivity index (χ3v) is 4.56. The first-order chi connectivity index (χ1) is 13.4. The van der Waals surface area contributed by atoms with Crippen LogP contribution in [0.4, 0.5) is 5.69 Å². The molecule has 28 heavy (non-hydrogen) atoms. The number of nitrogens with one attached hydrogen (secondary N) is 2. The van der Waals surface area contributed by atoms with Crippen molar-refractivity contribution in [2.24, 2.45) is 5.92 Å². The highest BCUT2D eigenvalue weighted by atomic mass is 32.1. The smallest absolute Gasteiger partial charge is 0.256 e. The first-order valence-electron chi connectivity index (χ1n) is 8.49. The summed E-state index contributed by atoms with van der Waals surface area (Å²) in [6, 6.07) is 13.4. The molecule has 1 fully saturated rings. The van der Waals surface area contributed by atoms with E-state index >= 15 is 0 Å². The molecule has 1 heterocycles. The first kappa shape index (κ1) is 19.4. The molecule has 2 amide bonds. The van der Waals surface area contributed by atoms with Crippen LogP contribution >= 0.6 is 12.2 Å². The van der Waals surface area contributed by atoms with Crippen LogP contribution in [0.15, 0.2) is 48.5 Å². The lowest BCUT2D eigenvalue weighted by atomic mass is 10.1. The number of thiocarbonyl (C=S) groups is 1. The Bertz CT molecular complexity index is 968. The molecule has 1 aliphatic heterocycles. The summed E-state index contributed by atoms with van der Waals surface area (Å²) in [6.07, 6.45) is 1.41. The molecular weight excluding hydrogens is 378 g/mol. The number of carbonyl (C=O) groups excluding carboxylic acids is 3. The number of amides is 2. The van der Waals surface area contributed by atoms with Gasteiger partial charge >= 0.3 is 0 Å². The lowest BCUT2D eigenvalue weighted by molar-refractivity contribution is -0.471. The van der Waals surface area contributed by atoms with Crippen molar-refractivity contribution in [1.29, 1.82) is 0 Å². The van der Waals surface area contributed by atoms with Gasteiger partial charge in [0.05, 0.1) is 11.7 Å². The van der Waals surface area contributed by atoms with E-state index in [0.29, 0.717) is 12.2 Å². The number of rotatable bonds is 5. The van der Waals surface area contributed by atoms with Crippen molar-refractivity contribution in [1.82, 2.24) is 5.32 Å². The van der Waals surface area contributed by atoms with Crippen LogP contribution in [0, 0.1) is 12.8 Å². The summed E-state index contributed by atoms with van der Waals surface area (Å²) in [7, 11) is 0. The molecular formula is C20H17N3O4S. The molecule has 0 unspecified atom stereocenters. The van der Waals surface area contributed by atoms with E-state index in [2.05, 4.69) is 10.3 Å². The van der Waals surface area contributed by atoms with E-state index in [9.17, 15) is 19.5 Å². The van der Waals surface area contributed by atoms with Crippen LogP contribution in [0.1, 0.15) is 21.5 Å². The van der Waals surface area contributed by atoms with E-state index in [-0.39, 0.29) is 10.7 Å². The number of carboxylic acid groups (broad SMARTS) is 1. The van der Waals surface area contributed by atoms with Crippen LogP contribution < -0.4 is 20.3 Å². The van der Waals surface area contributed by atoms with Gasteiger partial charge in [-0.05, 0) is 36.8 Å². The summed E-state index contributed by atoms with van der Waals surface area (Å²) in [5.41, 5.74) is 2.49. The maximum Gasteiger partial charge on any atom is 0.256 e. The van der Waals surface area contributed by atoms with Crippen LogP contribution in [0.2, 0.25) is 0 Å². The highest BCUT2D eigenvalue weighted by molar-refractivity contribution is 7.80. The summed E-state index contributed by atoms with van der Waals surface area (Å²) in [6.45, 7) is 2.25. The maximum absolute atomic E-state index is 12.8. The number of hydrogen-bond donors (Lipinski definition) is 2. The lowest BCUT2D eigenvalue weighted by Crippen LogP contribution is -2.71. The average molecular weight is 395 g/mol. The summed E-state index contributed by atoms with van der Waals surface area (Å²) >= 11 is 5.16. The SMILES string of the molecule is Cc1ccc(N2C(=O)[C@H](C=[NH+]Cc3ccc(C(=O)[O-])cc3)C(=O)NC2=S)cc1. The van der Waals surface area contributed by atoms with Crippen molar-refractivity contribution in [3.05, 3.63) is 65.2 Å². The number of anilines is 1. The highest BCUT2D eigenvalue weighted by Crippen LogP contribution is 2.20. The Labute approximate surface area is 166 Å². The fourth-order valence-electron chi connectivity index (χ4n) is 2.73. The van der Waals surface area contributed by atoms with Gasteiger partial charge < -0.3 is 15.2 Å². The van der Waals surface area contributed by atoms with Gasteiger partial charge in [-0.3, -0.25) is 14.5 Å². The molecule has 0 spiro atoms. The van der Waals surface area contributed by atoms with Gasteiger partial charge in [-0.15, -0.1) is 0 Å². The van der Waals surface area contributed by atoms with Crippen molar-refractivity contribution in [3.8, 4) is 0 Å². The lowest BCUT2D eigenvalue weighted by Gasteiger charge is -2.30. The molecule has 0 bridgehead atoms. The average Bonchev–Trinajstić information content (AvgIpc) is 2.66. The minimum Gasteiger partial charge on any atom is -0.545 e. The number of benzene rings is 2. The number of carbonyl (C=O) groups is 3. The Morgan fingerprint density at radius 3 is 2.43 bits per heavy atom. The first-order valence-corrected chi connectivity index (χ1v) is 8.90. The molecule has 2 aromatic carbocycles. The van der Waals surface area contributed by atoms with E-state index in [4.69, 9.17) is 12.2 Å². The molecule has 0 saturated carbocycles. The van der Waals surface area contributed by atoms with Crippen molar-refractivity contribution in [2.75, 3.05) is 4.90 Å². The van der Waals surface area contributed by atoms with Gasteiger partial charge in [-0.2, -0.15) is 0 Å². The number of aromatic carboxylic acids is 1. The van der Waals surface area contributed by atoms with Gasteiger partial charge in [-0.25, -0.2) is 4.99 Å². The zero-order valence-electron chi connectivity index (χ0n) is 15.0. The molecule has 2 aromatic rings. The Kier molecular flexibility index (Phi) is 5.60. The molecule has 1 aliphatic rings. The third kappa shape index (κ3) is 4.12. The van der Waals surface area contributed by atoms with Crippen molar-refractivity contribution in [3.63, 3.8) is 0 Å². The van der Waals surface area contributed by atoms with E-state index in [1.807, 2.05) is 19.1 Å². The summed E-state index contributed by atoms with van der Waals surface area (Å²) in [4.78, 5) is 40.1. The molecule has 2 N–H and O–H groups in total. The molecule has 3 rings (SSSR count). The van der Waals surface area contributed by atoms with E-state index < -0.39 is 23.7 Å². The normalized spacial score (nSPS) is 17.1. The number of carboxylic acids is 1. The van der Waals surface area contributed by atoms with Crippen LogP contribution in [0.3, 0.4) is 0 Å². The Morgan fingerprint density at radius 2 is 1.82 bits per heavy atom. The molecule has 7 nitrogen and oxygen atoms in total. The largest absolute Gasteiger partial charge is 0.545 e. The monoisotopic (exact) mass is 395 g/mol. The molecule has 0 aromatic heterocycles. The van der Waals surface area contributed by atoms with Gasteiger partial charge in [0.2, 0.25) is 5.91 Å². The predicted molar refractivity (Wildman–Crippen MR) is 104 cm³/mol. The maximum atomic E-state index is 12.8. The fraction of sp³-hybridized carbons (Fsp3) is 0.150. The molecule has 0 aliphatic carbocycles. The second kappa shape index (κ2) is 8.10. The fourth-order valence-corrected chi connectivity index (χ4v) is 3.02. The summed E-state index contributed by atoms with van der Waals surface area (Å²) < 4.78 is 0. The minimum absolute atomic E-state index is 0.0429. The van der Waals surface area contributed by atoms with Gasteiger partial charge in [-0.1, -0.05) is 42.0 Å². The zero-order chi connectivity index (χ0) is 20.3. The quantitative estimate of drug-likeness (QED) is 0.387. The Hall–Kier alpha value is -3.39. The number of hydrogen-bond acceptors (Lipinski definition) is 5. The predicted octanol–water partition coefficient (Wildman–Crippen LogP) is -0.926. The van der Waals surface area contributed by atoms with Gasteiger partial charge in [0.1, 0.15) is 0 Å². The topological polar surface area (TPSA) is 104 Å². The Morgan fingerprint density at radius 1 is 1.18 bits per heavy atom. The summed E-state index contributed by atoms with van der Waals surface area (Å²) in [5, 5.41) is 13.4. The van der Waals surface area contributed by atoms with Gasteiger partial charge in [0, 0.05) is 5.56 Å². The summed E-state index contributed by atoms with van der Waals surface area (Å²) in [5.74, 6) is -3.24. The van der Waals surface area contributed by atoms with E-state index in [0.717, 1.165) is 11.1 Å². The van der Waals surface area contributed by atoms with E-state index in [1.54, 1.807) is 24.3 Å². The zero-order valence-corrected chi connectivity index (χ0v) is 15.8. The third-order valence-electron chi connectivity index (χ3n) is 4.27. The second-order valence-electron chi connectivity index (χ2n) is 6.31. The molecule has 0 radical (unpaired) electrons. The minimum atomic E-state index is -1.25. The van der Waals surface area contributed by atoms with Crippen LogP contribution in [0.25, 0.3) is 0 Å². The second-order valence-corrected chi connectivity index (χ2v) is 6.70. The van der Waals surface area contributed by atoms with E-state index in [1.165, 1.54) is 23.2 Å². The Balaban J connectivity index is 1.74. The van der Waals surface area contributed by atoms with Gasteiger partial charge in [0.15, 0.2) is 23.8 Å². The standard InChI is InChI=1S/C20H17N3O4S/c1-12-2-8-15(9-3-12)23-18(25)16(17(24)22-20(23)28)11-21-10-13-4-6-14(7-5-13)19(26)27/h2-9,11,16H,10H2,1H3,(H,26,27)(H,22,24,28)/t16-/m1/s1.